The van der Waals surface area contributed by atoms with E-state index in [9.17, 15) is 27.9 Å². The molecule has 2 aliphatic rings. The van der Waals surface area contributed by atoms with Crippen molar-refractivity contribution in [2.24, 2.45) is 0 Å². The molecule has 300 valence electrons. The SMILES string of the molecule is CCn1nnc([C@H]2O[C@@H](n3cnc4c(NCC(c5ccccc5)c5ccccc5)nc(N5CC[C@@H](NC(=O)c6cccnc6)C5)nc43)[C@H](O)[C@@H]2OC(=O)C(F)(F)F)n1. The minimum atomic E-state index is -5.36. The molecule has 0 radical (unpaired) electrons. The summed E-state index contributed by atoms with van der Waals surface area (Å²) in [5.74, 6) is -2.54. The monoisotopic (exact) mass is 798 g/mol. The average Bonchev–Trinajstić information content (AvgIpc) is 4.06. The highest BCUT2D eigenvalue weighted by Gasteiger charge is 2.53. The number of hydrogen-bond donors (Lipinski definition) is 3. The molecule has 6 aromatic rings. The summed E-state index contributed by atoms with van der Waals surface area (Å²) < 4.78 is 52.6. The lowest BCUT2D eigenvalue weighted by atomic mass is 9.91. The molecule has 2 aliphatic heterocycles. The number of rotatable bonds is 12. The van der Waals surface area contributed by atoms with Gasteiger partial charge in [-0.25, -0.2) is 9.78 Å². The Kier molecular flexibility index (Phi) is 10.7. The van der Waals surface area contributed by atoms with Gasteiger partial charge in [0.25, 0.3) is 5.91 Å². The molecule has 6 heterocycles. The number of aryl methyl sites for hydroxylation is 1. The maximum Gasteiger partial charge on any atom is 0.490 e. The standard InChI is InChI=1S/C38H37F3N12O5/c1-2-53-49-32(48-50-53)30-29(58-36(56)38(39,40)41)28(54)35(57-30)52-21-44-27-31(43-19-26(22-10-5-3-6-11-22)23-12-7-4-8-13-23)46-37(47-33(27)52)51-17-15-25(20-51)45-34(55)24-14-9-16-42-18-24/h3-14,16,18,21,25-26,28-30,35,54H,2,15,17,19-20H2,1H3,(H,45,55)(H,43,46,47)/t25-,28-,29+,30+,35-/m1/s1. The van der Waals surface area contributed by atoms with Crippen LogP contribution in [0.15, 0.2) is 91.5 Å². The fourth-order valence-corrected chi connectivity index (χ4v) is 7.09. The zero-order valence-electron chi connectivity index (χ0n) is 30.8. The molecule has 5 atom stereocenters. The summed E-state index contributed by atoms with van der Waals surface area (Å²) in [6, 6.07) is 22.9. The van der Waals surface area contributed by atoms with Crippen LogP contribution >= 0.6 is 0 Å². The van der Waals surface area contributed by atoms with E-state index in [0.29, 0.717) is 37.4 Å². The highest BCUT2D eigenvalue weighted by Crippen LogP contribution is 2.42. The summed E-state index contributed by atoms with van der Waals surface area (Å²) in [5.41, 5.74) is 2.93. The molecular formula is C38H37F3N12O5. The van der Waals surface area contributed by atoms with Crippen LogP contribution in [-0.2, 0) is 20.8 Å². The molecule has 8 rings (SSSR count). The second-order valence-corrected chi connectivity index (χ2v) is 13.7. The molecule has 0 unspecified atom stereocenters. The molecule has 2 saturated heterocycles. The lowest BCUT2D eigenvalue weighted by Crippen LogP contribution is -2.38. The van der Waals surface area contributed by atoms with Crippen LogP contribution in [0.5, 0.6) is 0 Å². The molecule has 2 fully saturated rings. The Morgan fingerprint density at radius 1 is 1.03 bits per heavy atom. The van der Waals surface area contributed by atoms with Crippen LogP contribution in [0, 0.1) is 0 Å². The van der Waals surface area contributed by atoms with Gasteiger partial charge in [0.2, 0.25) is 11.8 Å². The number of tetrazole rings is 1. The molecule has 0 spiro atoms. The number of imidazole rings is 1. The highest BCUT2D eigenvalue weighted by atomic mass is 19.4. The highest BCUT2D eigenvalue weighted by molar-refractivity contribution is 5.94. The third-order valence-corrected chi connectivity index (χ3v) is 9.98. The second kappa shape index (κ2) is 16.1. The van der Waals surface area contributed by atoms with Crippen LogP contribution in [0.2, 0.25) is 0 Å². The number of aromatic nitrogens is 9. The van der Waals surface area contributed by atoms with Crippen LogP contribution in [-0.4, -0.2) is 106 Å². The van der Waals surface area contributed by atoms with Crippen molar-refractivity contribution in [1.82, 2.24) is 50.0 Å². The number of anilines is 2. The minimum Gasteiger partial charge on any atom is -0.449 e. The van der Waals surface area contributed by atoms with Crippen molar-refractivity contribution in [3.05, 3.63) is 114 Å². The molecule has 1 amide bonds. The van der Waals surface area contributed by atoms with Gasteiger partial charge in [-0.05, 0) is 41.8 Å². The van der Waals surface area contributed by atoms with E-state index in [0.717, 1.165) is 11.1 Å². The predicted octanol–water partition coefficient (Wildman–Crippen LogP) is 3.59. The zero-order chi connectivity index (χ0) is 40.4. The quantitative estimate of drug-likeness (QED) is 0.152. The normalized spacial score (nSPS) is 20.8. The zero-order valence-corrected chi connectivity index (χ0v) is 30.8. The average molecular weight is 799 g/mol. The fourth-order valence-electron chi connectivity index (χ4n) is 7.09. The van der Waals surface area contributed by atoms with E-state index in [-0.39, 0.29) is 47.3 Å². The molecule has 0 aliphatic carbocycles. The van der Waals surface area contributed by atoms with Crippen LogP contribution in [0.25, 0.3) is 11.2 Å². The van der Waals surface area contributed by atoms with Gasteiger partial charge in [-0.3, -0.25) is 14.3 Å². The smallest absolute Gasteiger partial charge is 0.449 e. The molecule has 17 nitrogen and oxygen atoms in total. The molecule has 0 saturated carbocycles. The maximum atomic E-state index is 13.4. The van der Waals surface area contributed by atoms with Crippen molar-refractivity contribution < 1.29 is 37.3 Å². The summed E-state index contributed by atoms with van der Waals surface area (Å²) in [5, 5.41) is 30.0. The second-order valence-electron chi connectivity index (χ2n) is 13.7. The van der Waals surface area contributed by atoms with Gasteiger partial charge in [0, 0.05) is 44.0 Å². The fraction of sp³-hybridized carbons (Fsp3) is 0.342. The summed E-state index contributed by atoms with van der Waals surface area (Å²) in [6.45, 7) is 3.18. The third kappa shape index (κ3) is 7.87. The van der Waals surface area contributed by atoms with Gasteiger partial charge in [0.15, 0.2) is 35.4 Å². The number of esters is 1. The molecular weight excluding hydrogens is 761 g/mol. The van der Waals surface area contributed by atoms with E-state index in [2.05, 4.69) is 36.0 Å². The number of carbonyl (C=O) groups is 2. The number of amides is 1. The van der Waals surface area contributed by atoms with Crippen molar-refractivity contribution >= 4 is 34.8 Å². The van der Waals surface area contributed by atoms with Crippen molar-refractivity contribution in [2.75, 3.05) is 29.9 Å². The number of nitrogens with one attached hydrogen (secondary N) is 2. The van der Waals surface area contributed by atoms with Crippen molar-refractivity contribution in [3.63, 3.8) is 0 Å². The molecule has 3 N–H and O–H groups in total. The lowest BCUT2D eigenvalue weighted by molar-refractivity contribution is -0.210. The molecule has 2 aromatic carbocycles. The molecule has 20 heteroatoms. The first-order chi connectivity index (χ1) is 28.1. The Balaban J connectivity index is 1.15. The van der Waals surface area contributed by atoms with Gasteiger partial charge in [-0.1, -0.05) is 60.7 Å². The molecule has 4 aromatic heterocycles. The van der Waals surface area contributed by atoms with Gasteiger partial charge in [-0.2, -0.15) is 27.9 Å². The Hall–Kier alpha value is -6.54. The van der Waals surface area contributed by atoms with E-state index >= 15 is 0 Å². The van der Waals surface area contributed by atoms with Crippen molar-refractivity contribution in [3.8, 4) is 0 Å². The summed E-state index contributed by atoms with van der Waals surface area (Å²) >= 11 is 0. The number of pyridine rings is 1. The number of alkyl halides is 3. The number of carbonyl (C=O) groups excluding carboxylic acids is 2. The van der Waals surface area contributed by atoms with Crippen LogP contribution in [0.4, 0.5) is 24.9 Å². The number of halogens is 3. The number of fused-ring (bicyclic) bond motifs is 1. The largest absolute Gasteiger partial charge is 0.490 e. The molecule has 0 bridgehead atoms. The summed E-state index contributed by atoms with van der Waals surface area (Å²) in [6.07, 6.45) is -7.17. The number of aliphatic hydroxyl groups is 1. The topological polar surface area (TPSA) is 200 Å². The van der Waals surface area contributed by atoms with Crippen LogP contribution in [0.3, 0.4) is 0 Å². The summed E-state index contributed by atoms with van der Waals surface area (Å²) in [7, 11) is 0. The first-order valence-corrected chi connectivity index (χ1v) is 18.5. The minimum absolute atomic E-state index is 0.120. The van der Waals surface area contributed by atoms with Crippen LogP contribution < -0.4 is 15.5 Å². The summed E-state index contributed by atoms with van der Waals surface area (Å²) in [4.78, 5) is 46.5. The first kappa shape index (κ1) is 38.3. The maximum absolute atomic E-state index is 13.4. The Morgan fingerprint density at radius 3 is 2.43 bits per heavy atom. The lowest BCUT2D eigenvalue weighted by Gasteiger charge is -2.22. The Morgan fingerprint density at radius 2 is 1.78 bits per heavy atom. The molecule has 58 heavy (non-hydrogen) atoms. The van der Waals surface area contributed by atoms with Gasteiger partial charge >= 0.3 is 12.1 Å². The number of nitrogens with zero attached hydrogens (tertiary/aromatic N) is 10. The van der Waals surface area contributed by atoms with E-state index in [4.69, 9.17) is 19.4 Å². The van der Waals surface area contributed by atoms with Gasteiger partial charge in [0.05, 0.1) is 18.4 Å². The Labute approximate surface area is 328 Å². The van der Waals surface area contributed by atoms with Crippen molar-refractivity contribution in [2.45, 2.75) is 62.6 Å². The van der Waals surface area contributed by atoms with Crippen molar-refractivity contribution in [1.29, 1.82) is 0 Å². The first-order valence-electron chi connectivity index (χ1n) is 18.5. The predicted molar refractivity (Wildman–Crippen MR) is 199 cm³/mol. The number of benzene rings is 2. The van der Waals surface area contributed by atoms with Gasteiger partial charge < -0.3 is 30.1 Å². The van der Waals surface area contributed by atoms with Crippen LogP contribution in [0.1, 0.15) is 58.9 Å². The number of aliphatic hydroxyl groups excluding tert-OH is 1. The van der Waals surface area contributed by atoms with E-state index in [1.807, 2.05) is 65.6 Å². The van der Waals surface area contributed by atoms with E-state index in [1.54, 1.807) is 25.3 Å². The number of hydrogen-bond acceptors (Lipinski definition) is 14. The third-order valence-electron chi connectivity index (χ3n) is 9.98. The van der Waals surface area contributed by atoms with E-state index in [1.165, 1.54) is 21.9 Å². The Bertz CT molecular complexity index is 2330. The van der Waals surface area contributed by atoms with E-state index < -0.39 is 36.7 Å². The van der Waals surface area contributed by atoms with Gasteiger partial charge in [-0.15, -0.1) is 10.2 Å². The number of ether oxygens (including phenoxy) is 2. The van der Waals surface area contributed by atoms with Gasteiger partial charge in [0.1, 0.15) is 6.10 Å².